The summed E-state index contributed by atoms with van der Waals surface area (Å²) in [7, 11) is 0. The van der Waals surface area contributed by atoms with Crippen molar-refractivity contribution in [2.24, 2.45) is 5.92 Å². The van der Waals surface area contributed by atoms with Crippen molar-refractivity contribution in [3.63, 3.8) is 0 Å². The second-order valence-corrected chi connectivity index (χ2v) is 7.19. The Labute approximate surface area is 162 Å². The van der Waals surface area contributed by atoms with E-state index in [4.69, 9.17) is 11.6 Å². The molecule has 1 heterocycles. The normalized spacial score (nSPS) is 12.1. The van der Waals surface area contributed by atoms with Gasteiger partial charge in [0.1, 0.15) is 6.04 Å². The van der Waals surface area contributed by atoms with Gasteiger partial charge in [0, 0.05) is 10.6 Å². The van der Waals surface area contributed by atoms with E-state index in [9.17, 15) is 9.59 Å². The summed E-state index contributed by atoms with van der Waals surface area (Å²) in [6.45, 7) is 3.99. The minimum absolute atomic E-state index is 0.219. The quantitative estimate of drug-likeness (QED) is 0.600. The van der Waals surface area contributed by atoms with Gasteiger partial charge in [-0.2, -0.15) is 0 Å². The second kappa shape index (κ2) is 8.22. The molecular formula is C20H21ClN4O2. The molecular weight excluding hydrogens is 364 g/mol. The monoisotopic (exact) mass is 384 g/mol. The first-order valence-electron chi connectivity index (χ1n) is 8.74. The number of hydrogen-bond donors (Lipinski definition) is 3. The van der Waals surface area contributed by atoms with Crippen LogP contribution in [0.15, 0.2) is 48.5 Å². The zero-order valence-electron chi connectivity index (χ0n) is 15.1. The number of amides is 2. The number of carbonyl (C=O) groups is 2. The topological polar surface area (TPSA) is 86.9 Å². The summed E-state index contributed by atoms with van der Waals surface area (Å²) in [5.74, 6) is -0.0934. The van der Waals surface area contributed by atoms with Crippen LogP contribution < -0.4 is 10.6 Å². The molecule has 0 unspecified atom stereocenters. The number of nitrogens with zero attached hydrogens (tertiary/aromatic N) is 1. The minimum atomic E-state index is -0.690. The van der Waals surface area contributed by atoms with E-state index in [2.05, 4.69) is 20.6 Å². The lowest BCUT2D eigenvalue weighted by molar-refractivity contribution is -0.118. The summed E-state index contributed by atoms with van der Waals surface area (Å²) in [5.41, 5.74) is 2.00. The minimum Gasteiger partial charge on any atom is -0.340 e. The maximum atomic E-state index is 12.7. The lowest BCUT2D eigenvalue weighted by atomic mass is 10.0. The van der Waals surface area contributed by atoms with Crippen molar-refractivity contribution in [3.8, 4) is 0 Å². The first-order chi connectivity index (χ1) is 12.9. The van der Waals surface area contributed by atoms with E-state index in [0.29, 0.717) is 23.0 Å². The Morgan fingerprint density at radius 3 is 2.63 bits per heavy atom. The maximum absolute atomic E-state index is 12.7. The van der Waals surface area contributed by atoms with Gasteiger partial charge in [0.25, 0.3) is 5.91 Å². The molecule has 7 heteroatoms. The molecule has 0 bridgehead atoms. The molecule has 1 aromatic heterocycles. The van der Waals surface area contributed by atoms with Crippen molar-refractivity contribution < 1.29 is 9.59 Å². The standard InChI is InChI=1S/C20H21ClN4O2/c1-12(2)10-17(22-18(26)13-6-5-7-14(21)11-13)19(27)25-20-23-15-8-3-4-9-16(15)24-20/h3-9,11-12,17H,10H2,1-2H3,(H,22,26)(H2,23,24,25,27)/t17-/m0/s1. The number of imidazole rings is 1. The third-order valence-electron chi connectivity index (χ3n) is 4.05. The van der Waals surface area contributed by atoms with Gasteiger partial charge in [-0.3, -0.25) is 14.9 Å². The molecule has 6 nitrogen and oxygen atoms in total. The van der Waals surface area contributed by atoms with Crippen LogP contribution in [0, 0.1) is 5.92 Å². The van der Waals surface area contributed by atoms with E-state index in [1.54, 1.807) is 24.3 Å². The van der Waals surface area contributed by atoms with Crippen LogP contribution in [0.4, 0.5) is 5.95 Å². The molecule has 1 atom stereocenters. The molecule has 0 aliphatic carbocycles. The van der Waals surface area contributed by atoms with Crippen molar-refractivity contribution >= 4 is 40.4 Å². The largest absolute Gasteiger partial charge is 0.340 e. The molecule has 0 saturated heterocycles. The fourth-order valence-electron chi connectivity index (χ4n) is 2.79. The SMILES string of the molecule is CC(C)C[C@H](NC(=O)c1cccc(Cl)c1)C(=O)Nc1nc2ccccc2[nH]1. The maximum Gasteiger partial charge on any atom is 0.251 e. The molecule has 3 aromatic rings. The highest BCUT2D eigenvalue weighted by Gasteiger charge is 2.23. The molecule has 0 fully saturated rings. The van der Waals surface area contributed by atoms with Crippen LogP contribution in [-0.4, -0.2) is 27.8 Å². The number of carbonyl (C=O) groups excluding carboxylic acids is 2. The van der Waals surface area contributed by atoms with Gasteiger partial charge < -0.3 is 10.3 Å². The molecule has 2 aromatic carbocycles. The third-order valence-corrected chi connectivity index (χ3v) is 4.28. The van der Waals surface area contributed by atoms with Crippen LogP contribution in [0.1, 0.15) is 30.6 Å². The van der Waals surface area contributed by atoms with Gasteiger partial charge in [0.05, 0.1) is 11.0 Å². The average molecular weight is 385 g/mol. The summed E-state index contributed by atoms with van der Waals surface area (Å²) >= 11 is 5.95. The van der Waals surface area contributed by atoms with Crippen LogP contribution in [0.25, 0.3) is 11.0 Å². The highest BCUT2D eigenvalue weighted by atomic mass is 35.5. The number of fused-ring (bicyclic) bond motifs is 1. The van der Waals surface area contributed by atoms with Gasteiger partial charge in [0.15, 0.2) is 0 Å². The molecule has 27 heavy (non-hydrogen) atoms. The van der Waals surface area contributed by atoms with Crippen molar-refractivity contribution in [2.75, 3.05) is 5.32 Å². The Bertz CT molecular complexity index is 934. The van der Waals surface area contributed by atoms with Crippen LogP contribution in [0.3, 0.4) is 0 Å². The van der Waals surface area contributed by atoms with Gasteiger partial charge in [-0.1, -0.05) is 43.6 Å². The molecule has 3 N–H and O–H groups in total. The average Bonchev–Trinajstić information content (AvgIpc) is 3.02. The predicted octanol–water partition coefficient (Wildman–Crippen LogP) is 4.00. The number of nitrogens with one attached hydrogen (secondary N) is 3. The summed E-state index contributed by atoms with van der Waals surface area (Å²) < 4.78 is 0. The van der Waals surface area contributed by atoms with Crippen molar-refractivity contribution in [1.82, 2.24) is 15.3 Å². The summed E-state index contributed by atoms with van der Waals surface area (Å²) in [5, 5.41) is 6.02. The van der Waals surface area contributed by atoms with E-state index in [-0.39, 0.29) is 17.7 Å². The number of hydrogen-bond acceptors (Lipinski definition) is 3. The molecule has 140 valence electrons. The number of aromatic amines is 1. The Morgan fingerprint density at radius 1 is 1.15 bits per heavy atom. The Balaban J connectivity index is 1.74. The summed E-state index contributed by atoms with van der Waals surface area (Å²) in [6.07, 6.45) is 0.498. The number of para-hydroxylation sites is 2. The van der Waals surface area contributed by atoms with Gasteiger partial charge in [-0.15, -0.1) is 0 Å². The predicted molar refractivity (Wildman–Crippen MR) is 107 cm³/mol. The van der Waals surface area contributed by atoms with E-state index < -0.39 is 6.04 Å². The Morgan fingerprint density at radius 2 is 1.93 bits per heavy atom. The van der Waals surface area contributed by atoms with Crippen LogP contribution in [0.2, 0.25) is 5.02 Å². The number of benzene rings is 2. The molecule has 3 rings (SSSR count). The fourth-order valence-corrected chi connectivity index (χ4v) is 2.98. The molecule has 0 saturated carbocycles. The van der Waals surface area contributed by atoms with Crippen molar-refractivity contribution in [1.29, 1.82) is 0 Å². The van der Waals surface area contributed by atoms with Crippen LogP contribution in [0.5, 0.6) is 0 Å². The first kappa shape index (κ1) is 18.9. The van der Waals surface area contributed by atoms with Crippen molar-refractivity contribution in [3.05, 3.63) is 59.1 Å². The highest BCUT2D eigenvalue weighted by molar-refractivity contribution is 6.31. The fraction of sp³-hybridized carbons (Fsp3) is 0.250. The number of anilines is 1. The zero-order chi connectivity index (χ0) is 19.4. The molecule has 2 amide bonds. The van der Waals surface area contributed by atoms with Gasteiger partial charge >= 0.3 is 0 Å². The van der Waals surface area contributed by atoms with E-state index in [0.717, 1.165) is 11.0 Å². The molecule has 0 radical (unpaired) electrons. The Hall–Kier alpha value is -2.86. The van der Waals surface area contributed by atoms with Gasteiger partial charge in [-0.25, -0.2) is 4.98 Å². The highest BCUT2D eigenvalue weighted by Crippen LogP contribution is 2.15. The van der Waals surface area contributed by atoms with E-state index in [1.807, 2.05) is 38.1 Å². The Kier molecular flexibility index (Phi) is 5.76. The van der Waals surface area contributed by atoms with Gasteiger partial charge in [0.2, 0.25) is 11.9 Å². The smallest absolute Gasteiger partial charge is 0.251 e. The summed E-state index contributed by atoms with van der Waals surface area (Å²) in [4.78, 5) is 32.7. The lowest BCUT2D eigenvalue weighted by Gasteiger charge is -2.19. The van der Waals surface area contributed by atoms with Crippen LogP contribution >= 0.6 is 11.6 Å². The zero-order valence-corrected chi connectivity index (χ0v) is 15.9. The molecule has 0 aliphatic heterocycles. The third kappa shape index (κ3) is 4.86. The number of H-pyrrole nitrogens is 1. The van der Waals surface area contributed by atoms with E-state index in [1.165, 1.54) is 0 Å². The second-order valence-electron chi connectivity index (χ2n) is 6.76. The number of halogens is 1. The molecule has 0 spiro atoms. The lowest BCUT2D eigenvalue weighted by Crippen LogP contribution is -2.44. The van der Waals surface area contributed by atoms with Crippen molar-refractivity contribution in [2.45, 2.75) is 26.3 Å². The number of rotatable bonds is 6. The first-order valence-corrected chi connectivity index (χ1v) is 9.12. The number of aromatic nitrogens is 2. The van der Waals surface area contributed by atoms with Gasteiger partial charge in [-0.05, 0) is 42.7 Å². The van der Waals surface area contributed by atoms with Crippen LogP contribution in [-0.2, 0) is 4.79 Å². The van der Waals surface area contributed by atoms with E-state index >= 15 is 0 Å². The molecule has 0 aliphatic rings. The summed E-state index contributed by atoms with van der Waals surface area (Å²) in [6, 6.07) is 13.4.